The minimum atomic E-state index is -0.396. The number of quaternary nitrogens is 1. The molecule has 0 bridgehead atoms. The van der Waals surface area contributed by atoms with Gasteiger partial charge in [0, 0.05) is 17.7 Å². The molecular weight excluding hydrogens is 362 g/mol. The van der Waals surface area contributed by atoms with E-state index >= 15 is 0 Å². The van der Waals surface area contributed by atoms with Gasteiger partial charge < -0.3 is 19.3 Å². The van der Waals surface area contributed by atoms with Gasteiger partial charge in [-0.05, 0) is 24.3 Å². The Balaban J connectivity index is 1.62. The molecule has 0 radical (unpaired) electrons. The number of nitro groups is 1. The molecule has 2 aromatic carbocycles. The molecule has 0 saturated carbocycles. The van der Waals surface area contributed by atoms with Crippen LogP contribution in [0.1, 0.15) is 15.9 Å². The average molecular weight is 386 g/mol. The second kappa shape index (κ2) is 8.71. The molecule has 1 saturated heterocycles. The first-order chi connectivity index (χ1) is 13.5. The second-order valence-electron chi connectivity index (χ2n) is 6.68. The molecule has 0 unspecified atom stereocenters. The van der Waals surface area contributed by atoms with Crippen molar-refractivity contribution in [1.82, 2.24) is 4.90 Å². The molecule has 0 atom stereocenters. The highest BCUT2D eigenvalue weighted by molar-refractivity contribution is 5.99. The molecule has 0 spiro atoms. The van der Waals surface area contributed by atoms with Crippen molar-refractivity contribution in [2.75, 3.05) is 40.4 Å². The lowest BCUT2D eigenvalue weighted by Crippen LogP contribution is -3.13. The summed E-state index contributed by atoms with van der Waals surface area (Å²) in [6, 6.07) is 12.0. The molecule has 1 fully saturated rings. The number of hydrogen-bond donors (Lipinski definition) is 1. The predicted molar refractivity (Wildman–Crippen MR) is 103 cm³/mol. The van der Waals surface area contributed by atoms with Gasteiger partial charge >= 0.3 is 0 Å². The van der Waals surface area contributed by atoms with E-state index in [0.717, 1.165) is 25.2 Å². The quantitative estimate of drug-likeness (QED) is 0.595. The van der Waals surface area contributed by atoms with E-state index in [0.29, 0.717) is 30.2 Å². The van der Waals surface area contributed by atoms with Crippen molar-refractivity contribution < 1.29 is 24.1 Å². The Morgan fingerprint density at radius 3 is 2.14 bits per heavy atom. The summed E-state index contributed by atoms with van der Waals surface area (Å²) in [4.78, 5) is 26.5. The smallest absolute Gasteiger partial charge is 0.269 e. The van der Waals surface area contributed by atoms with Crippen molar-refractivity contribution in [2.45, 2.75) is 6.54 Å². The summed E-state index contributed by atoms with van der Waals surface area (Å²) >= 11 is 0. The molecule has 1 amide bonds. The van der Waals surface area contributed by atoms with E-state index in [9.17, 15) is 14.9 Å². The van der Waals surface area contributed by atoms with Gasteiger partial charge in [-0.1, -0.05) is 6.07 Å². The third-order valence-electron chi connectivity index (χ3n) is 5.00. The Labute approximate surface area is 163 Å². The Morgan fingerprint density at radius 1 is 1.07 bits per heavy atom. The number of nitrogens with zero attached hydrogens (tertiary/aromatic N) is 2. The molecule has 2 aromatic rings. The fraction of sp³-hybridized carbons (Fsp3) is 0.350. The van der Waals surface area contributed by atoms with Crippen LogP contribution in [0.15, 0.2) is 42.5 Å². The summed E-state index contributed by atoms with van der Waals surface area (Å²) < 4.78 is 10.7. The fourth-order valence-electron chi connectivity index (χ4n) is 3.45. The zero-order valence-electron chi connectivity index (χ0n) is 16.0. The van der Waals surface area contributed by atoms with Crippen molar-refractivity contribution in [3.05, 3.63) is 63.7 Å². The molecule has 1 aliphatic rings. The zero-order valence-corrected chi connectivity index (χ0v) is 16.0. The van der Waals surface area contributed by atoms with Gasteiger partial charge in [0.2, 0.25) is 0 Å². The summed E-state index contributed by atoms with van der Waals surface area (Å²) in [5, 5.41) is 10.8. The van der Waals surface area contributed by atoms with E-state index in [4.69, 9.17) is 9.47 Å². The minimum Gasteiger partial charge on any atom is -0.496 e. The van der Waals surface area contributed by atoms with Gasteiger partial charge in [0.15, 0.2) is 0 Å². The van der Waals surface area contributed by atoms with Crippen LogP contribution in [0.4, 0.5) is 5.69 Å². The van der Waals surface area contributed by atoms with Gasteiger partial charge in [-0.3, -0.25) is 14.9 Å². The van der Waals surface area contributed by atoms with Crippen molar-refractivity contribution in [3.63, 3.8) is 0 Å². The SMILES string of the molecule is COc1cccc(OC)c1C(=O)N1CC[NH+](Cc2ccc([N+](=O)[O-])cc2)CC1. The van der Waals surface area contributed by atoms with Gasteiger partial charge in [-0.2, -0.15) is 0 Å². The number of methoxy groups -OCH3 is 2. The highest BCUT2D eigenvalue weighted by Gasteiger charge is 2.28. The summed E-state index contributed by atoms with van der Waals surface area (Å²) in [7, 11) is 3.08. The summed E-state index contributed by atoms with van der Waals surface area (Å²) in [6.45, 7) is 3.64. The normalized spacial score (nSPS) is 14.6. The molecule has 148 valence electrons. The van der Waals surface area contributed by atoms with Crippen LogP contribution in [0.2, 0.25) is 0 Å². The van der Waals surface area contributed by atoms with Crippen molar-refractivity contribution in [2.24, 2.45) is 0 Å². The number of carbonyl (C=O) groups excluding carboxylic acids is 1. The maximum atomic E-state index is 13.0. The summed E-state index contributed by atoms with van der Waals surface area (Å²) in [5.41, 5.74) is 1.60. The van der Waals surface area contributed by atoms with Crippen molar-refractivity contribution in [1.29, 1.82) is 0 Å². The number of nitro benzene ring substituents is 1. The lowest BCUT2D eigenvalue weighted by molar-refractivity contribution is -0.917. The number of amides is 1. The number of ether oxygens (including phenoxy) is 2. The van der Waals surface area contributed by atoms with Crippen LogP contribution in [-0.4, -0.2) is 56.1 Å². The predicted octanol–water partition coefficient (Wildman–Crippen LogP) is 1.15. The highest BCUT2D eigenvalue weighted by Crippen LogP contribution is 2.29. The second-order valence-corrected chi connectivity index (χ2v) is 6.68. The lowest BCUT2D eigenvalue weighted by Gasteiger charge is -2.32. The number of carbonyl (C=O) groups is 1. The van der Waals surface area contributed by atoms with Crippen LogP contribution in [0.5, 0.6) is 11.5 Å². The van der Waals surface area contributed by atoms with E-state index in [1.54, 1.807) is 30.3 Å². The van der Waals surface area contributed by atoms with Crippen LogP contribution in [-0.2, 0) is 6.54 Å². The molecule has 1 N–H and O–H groups in total. The average Bonchev–Trinajstić information content (AvgIpc) is 2.73. The van der Waals surface area contributed by atoms with E-state index in [1.165, 1.54) is 31.3 Å². The number of non-ortho nitro benzene ring substituents is 1. The Kier molecular flexibility index (Phi) is 6.10. The van der Waals surface area contributed by atoms with E-state index in [1.807, 2.05) is 4.90 Å². The van der Waals surface area contributed by atoms with Crippen LogP contribution in [0.25, 0.3) is 0 Å². The number of benzene rings is 2. The maximum absolute atomic E-state index is 13.0. The Bertz CT molecular complexity index is 823. The third-order valence-corrected chi connectivity index (χ3v) is 5.00. The number of piperazine rings is 1. The van der Waals surface area contributed by atoms with Gasteiger partial charge in [-0.25, -0.2) is 0 Å². The zero-order chi connectivity index (χ0) is 20.1. The molecule has 1 aliphatic heterocycles. The standard InChI is InChI=1S/C20H23N3O5/c1-27-17-4-3-5-18(28-2)19(17)20(24)22-12-10-21(11-13-22)14-15-6-8-16(9-7-15)23(25)26/h3-9H,10-14H2,1-2H3/p+1. The molecule has 1 heterocycles. The number of nitrogens with one attached hydrogen (secondary N) is 1. The molecule has 3 rings (SSSR count). The van der Waals surface area contributed by atoms with Crippen LogP contribution in [0, 0.1) is 10.1 Å². The maximum Gasteiger partial charge on any atom is 0.269 e. The molecule has 0 aliphatic carbocycles. The molecule has 0 aromatic heterocycles. The van der Waals surface area contributed by atoms with Crippen LogP contribution < -0.4 is 14.4 Å². The Morgan fingerprint density at radius 2 is 1.64 bits per heavy atom. The third kappa shape index (κ3) is 4.23. The minimum absolute atomic E-state index is 0.0938. The molecular formula is C20H24N3O5+. The van der Waals surface area contributed by atoms with E-state index < -0.39 is 4.92 Å². The van der Waals surface area contributed by atoms with Crippen LogP contribution in [0.3, 0.4) is 0 Å². The monoisotopic (exact) mass is 386 g/mol. The van der Waals surface area contributed by atoms with Crippen LogP contribution >= 0.6 is 0 Å². The first-order valence-corrected chi connectivity index (χ1v) is 9.10. The van der Waals surface area contributed by atoms with E-state index in [-0.39, 0.29) is 11.6 Å². The van der Waals surface area contributed by atoms with Crippen molar-refractivity contribution in [3.8, 4) is 11.5 Å². The topological polar surface area (TPSA) is 86.3 Å². The molecule has 28 heavy (non-hydrogen) atoms. The first kappa shape index (κ1) is 19.6. The van der Waals surface area contributed by atoms with Gasteiger partial charge in [0.25, 0.3) is 11.6 Å². The highest BCUT2D eigenvalue weighted by atomic mass is 16.6. The summed E-state index contributed by atoms with van der Waals surface area (Å²) in [6.07, 6.45) is 0. The van der Waals surface area contributed by atoms with E-state index in [2.05, 4.69) is 0 Å². The number of hydrogen-bond acceptors (Lipinski definition) is 5. The first-order valence-electron chi connectivity index (χ1n) is 9.10. The summed E-state index contributed by atoms with van der Waals surface area (Å²) in [5.74, 6) is 0.915. The molecule has 8 nitrogen and oxygen atoms in total. The molecule has 8 heteroatoms. The number of rotatable bonds is 6. The van der Waals surface area contributed by atoms with Gasteiger partial charge in [0.1, 0.15) is 23.6 Å². The van der Waals surface area contributed by atoms with Crippen molar-refractivity contribution >= 4 is 11.6 Å². The largest absolute Gasteiger partial charge is 0.496 e. The Hall–Kier alpha value is -3.13. The van der Waals surface area contributed by atoms with Gasteiger partial charge in [0.05, 0.1) is 45.3 Å². The van der Waals surface area contributed by atoms with Gasteiger partial charge in [-0.15, -0.1) is 0 Å². The fourth-order valence-corrected chi connectivity index (χ4v) is 3.45. The lowest BCUT2D eigenvalue weighted by atomic mass is 10.1.